The molecule has 0 aromatic heterocycles. The number of nitrogens with two attached hydrogens (primary N) is 1. The molecule has 1 fully saturated rings. The Hall–Kier alpha value is -1.06. The number of hydrogen-bond donors (Lipinski definition) is 3. The van der Waals surface area contributed by atoms with E-state index in [4.69, 9.17) is 5.73 Å². The van der Waals surface area contributed by atoms with Crippen molar-refractivity contribution in [1.82, 2.24) is 5.32 Å². The SMILES string of the molecule is Cc1ccc(CNCC2CCC(CN)CC2)c(O)c1. The molecule has 2 rings (SSSR count). The Morgan fingerprint density at radius 2 is 1.89 bits per heavy atom. The number of nitrogens with one attached hydrogen (secondary N) is 1. The minimum atomic E-state index is 0.402. The zero-order valence-corrected chi connectivity index (χ0v) is 11.9. The highest BCUT2D eigenvalue weighted by molar-refractivity contribution is 5.35. The first-order valence-corrected chi connectivity index (χ1v) is 7.38. The number of aromatic hydroxyl groups is 1. The van der Waals surface area contributed by atoms with Gasteiger partial charge in [-0.05, 0) is 69.2 Å². The molecule has 0 amide bonds. The van der Waals surface area contributed by atoms with Crippen LogP contribution in [0.25, 0.3) is 0 Å². The summed E-state index contributed by atoms with van der Waals surface area (Å²) in [5.41, 5.74) is 7.80. The van der Waals surface area contributed by atoms with Crippen molar-refractivity contribution in [1.29, 1.82) is 0 Å². The summed E-state index contributed by atoms with van der Waals surface area (Å²) < 4.78 is 0. The van der Waals surface area contributed by atoms with Gasteiger partial charge in [0.05, 0.1) is 0 Å². The maximum atomic E-state index is 9.84. The second-order valence-corrected chi connectivity index (χ2v) is 5.89. The number of phenols is 1. The van der Waals surface area contributed by atoms with E-state index >= 15 is 0 Å². The largest absolute Gasteiger partial charge is 0.508 e. The lowest BCUT2D eigenvalue weighted by Gasteiger charge is -2.27. The van der Waals surface area contributed by atoms with E-state index in [2.05, 4.69) is 5.32 Å². The molecule has 0 spiro atoms. The molecule has 1 aromatic carbocycles. The van der Waals surface area contributed by atoms with Crippen molar-refractivity contribution in [3.63, 3.8) is 0 Å². The van der Waals surface area contributed by atoms with Gasteiger partial charge in [-0.3, -0.25) is 0 Å². The molecule has 0 bridgehead atoms. The molecule has 106 valence electrons. The fraction of sp³-hybridized carbons (Fsp3) is 0.625. The Kier molecular flexibility index (Phi) is 5.23. The Morgan fingerprint density at radius 3 is 2.53 bits per heavy atom. The van der Waals surface area contributed by atoms with Crippen molar-refractivity contribution in [3.8, 4) is 5.75 Å². The lowest BCUT2D eigenvalue weighted by Crippen LogP contribution is -2.28. The van der Waals surface area contributed by atoms with Gasteiger partial charge < -0.3 is 16.2 Å². The van der Waals surface area contributed by atoms with Crippen LogP contribution in [-0.4, -0.2) is 18.2 Å². The van der Waals surface area contributed by atoms with Gasteiger partial charge in [0, 0.05) is 12.1 Å². The van der Waals surface area contributed by atoms with Crippen LogP contribution in [-0.2, 0) is 6.54 Å². The van der Waals surface area contributed by atoms with Crippen LogP contribution in [0, 0.1) is 18.8 Å². The molecular weight excluding hydrogens is 236 g/mol. The van der Waals surface area contributed by atoms with Gasteiger partial charge in [-0.25, -0.2) is 0 Å². The predicted molar refractivity (Wildman–Crippen MR) is 79.1 cm³/mol. The quantitative estimate of drug-likeness (QED) is 0.764. The summed E-state index contributed by atoms with van der Waals surface area (Å²) >= 11 is 0. The van der Waals surface area contributed by atoms with Crippen LogP contribution >= 0.6 is 0 Å². The number of aryl methyl sites for hydroxylation is 1. The van der Waals surface area contributed by atoms with Gasteiger partial charge in [-0.2, -0.15) is 0 Å². The minimum absolute atomic E-state index is 0.402. The van der Waals surface area contributed by atoms with Crippen molar-refractivity contribution in [3.05, 3.63) is 29.3 Å². The van der Waals surface area contributed by atoms with Crippen LogP contribution in [0.4, 0.5) is 0 Å². The molecule has 0 saturated heterocycles. The first-order valence-electron chi connectivity index (χ1n) is 7.38. The summed E-state index contributed by atoms with van der Waals surface area (Å²) in [6.45, 7) is 4.64. The lowest BCUT2D eigenvalue weighted by atomic mass is 9.82. The van der Waals surface area contributed by atoms with Crippen LogP contribution in [0.15, 0.2) is 18.2 Å². The van der Waals surface area contributed by atoms with Crippen molar-refractivity contribution >= 4 is 0 Å². The molecule has 19 heavy (non-hydrogen) atoms. The maximum absolute atomic E-state index is 9.84. The number of hydrogen-bond acceptors (Lipinski definition) is 3. The molecule has 0 unspecified atom stereocenters. The topological polar surface area (TPSA) is 58.3 Å². The fourth-order valence-corrected chi connectivity index (χ4v) is 2.91. The van der Waals surface area contributed by atoms with E-state index in [1.165, 1.54) is 25.7 Å². The van der Waals surface area contributed by atoms with Gasteiger partial charge in [0.25, 0.3) is 0 Å². The van der Waals surface area contributed by atoms with Crippen LogP contribution in [0.3, 0.4) is 0 Å². The number of phenolic OH excluding ortho intramolecular Hbond substituents is 1. The van der Waals surface area contributed by atoms with E-state index < -0.39 is 0 Å². The highest BCUT2D eigenvalue weighted by atomic mass is 16.3. The molecule has 0 atom stereocenters. The summed E-state index contributed by atoms with van der Waals surface area (Å²) in [7, 11) is 0. The Balaban J connectivity index is 1.72. The van der Waals surface area contributed by atoms with Crippen LogP contribution in [0.2, 0.25) is 0 Å². The van der Waals surface area contributed by atoms with E-state index in [9.17, 15) is 5.11 Å². The molecule has 3 nitrogen and oxygen atoms in total. The van der Waals surface area contributed by atoms with Crippen molar-refractivity contribution in [2.24, 2.45) is 17.6 Å². The first-order chi connectivity index (χ1) is 9.19. The third kappa shape index (κ3) is 4.22. The third-order valence-corrected chi connectivity index (χ3v) is 4.29. The first kappa shape index (κ1) is 14.4. The zero-order chi connectivity index (χ0) is 13.7. The molecule has 0 aliphatic heterocycles. The van der Waals surface area contributed by atoms with Gasteiger partial charge in [-0.1, -0.05) is 12.1 Å². The van der Waals surface area contributed by atoms with Gasteiger partial charge in [0.2, 0.25) is 0 Å². The van der Waals surface area contributed by atoms with E-state index in [0.717, 1.165) is 42.6 Å². The van der Waals surface area contributed by atoms with Crippen molar-refractivity contribution in [2.75, 3.05) is 13.1 Å². The third-order valence-electron chi connectivity index (χ3n) is 4.29. The average molecular weight is 262 g/mol. The molecule has 0 heterocycles. The molecule has 0 radical (unpaired) electrons. The normalized spacial score (nSPS) is 23.5. The monoisotopic (exact) mass is 262 g/mol. The second kappa shape index (κ2) is 6.92. The van der Waals surface area contributed by atoms with E-state index in [-0.39, 0.29) is 0 Å². The second-order valence-electron chi connectivity index (χ2n) is 5.89. The Bertz CT molecular complexity index is 398. The number of benzene rings is 1. The maximum Gasteiger partial charge on any atom is 0.120 e. The summed E-state index contributed by atoms with van der Waals surface area (Å²) in [5, 5.41) is 13.3. The Morgan fingerprint density at radius 1 is 1.21 bits per heavy atom. The molecule has 1 saturated carbocycles. The molecule has 1 aromatic rings. The zero-order valence-electron chi connectivity index (χ0n) is 11.9. The van der Waals surface area contributed by atoms with Crippen LogP contribution in [0.1, 0.15) is 36.8 Å². The molecule has 4 N–H and O–H groups in total. The summed E-state index contributed by atoms with van der Waals surface area (Å²) in [6, 6.07) is 5.87. The summed E-state index contributed by atoms with van der Waals surface area (Å²) in [6.07, 6.45) is 5.13. The van der Waals surface area contributed by atoms with E-state index in [1.807, 2.05) is 25.1 Å². The fourth-order valence-electron chi connectivity index (χ4n) is 2.91. The molecule has 1 aliphatic carbocycles. The van der Waals surface area contributed by atoms with Gasteiger partial charge >= 0.3 is 0 Å². The highest BCUT2D eigenvalue weighted by Crippen LogP contribution is 2.27. The van der Waals surface area contributed by atoms with Crippen molar-refractivity contribution in [2.45, 2.75) is 39.2 Å². The predicted octanol–water partition coefficient (Wildman–Crippen LogP) is 2.56. The lowest BCUT2D eigenvalue weighted by molar-refractivity contribution is 0.272. The summed E-state index contributed by atoms with van der Waals surface area (Å²) in [5.74, 6) is 1.92. The molecule has 1 aliphatic rings. The Labute approximate surface area is 116 Å². The van der Waals surface area contributed by atoms with Crippen LogP contribution in [0.5, 0.6) is 5.75 Å². The van der Waals surface area contributed by atoms with E-state index in [0.29, 0.717) is 5.75 Å². The van der Waals surface area contributed by atoms with Gasteiger partial charge in [0.15, 0.2) is 0 Å². The average Bonchev–Trinajstić information content (AvgIpc) is 2.42. The van der Waals surface area contributed by atoms with E-state index in [1.54, 1.807) is 0 Å². The highest BCUT2D eigenvalue weighted by Gasteiger charge is 2.19. The molecular formula is C16H26N2O. The van der Waals surface area contributed by atoms with Crippen LogP contribution < -0.4 is 11.1 Å². The van der Waals surface area contributed by atoms with Gasteiger partial charge in [0.1, 0.15) is 5.75 Å². The van der Waals surface area contributed by atoms with Crippen molar-refractivity contribution < 1.29 is 5.11 Å². The number of rotatable bonds is 5. The molecule has 3 heteroatoms. The van der Waals surface area contributed by atoms with Gasteiger partial charge in [-0.15, -0.1) is 0 Å². The minimum Gasteiger partial charge on any atom is -0.508 e. The summed E-state index contributed by atoms with van der Waals surface area (Å²) in [4.78, 5) is 0. The standard InChI is InChI=1S/C16H26N2O/c1-12-2-7-15(16(19)8-12)11-18-10-14-5-3-13(9-17)4-6-14/h2,7-8,13-14,18-19H,3-6,9-11,17H2,1H3. The smallest absolute Gasteiger partial charge is 0.120 e.